The highest BCUT2D eigenvalue weighted by Crippen LogP contribution is 2.13. The molecular formula is C18H33N3O2. The molecule has 0 spiro atoms. The molecule has 0 atom stereocenters. The molecule has 1 heterocycles. The number of nitrogens with zero attached hydrogens (tertiary/aromatic N) is 2. The van der Waals surface area contributed by atoms with E-state index in [0.29, 0.717) is 6.42 Å². The second-order valence-electron chi connectivity index (χ2n) is 6.30. The summed E-state index contributed by atoms with van der Waals surface area (Å²) >= 11 is 0. The van der Waals surface area contributed by atoms with Crippen LogP contribution in [0.25, 0.3) is 0 Å². The Bertz CT molecular complexity index is 380. The first-order valence-corrected chi connectivity index (χ1v) is 9.39. The standard InChI is InChI=1S/C18H33N3O2/c1-2-3-4-5-6-7-8-9-10-11-12-13-14-15-17(22)20-18-19-16-23-21-18/h16H,2-15H2,1H3,(H,20,21,22). The van der Waals surface area contributed by atoms with Gasteiger partial charge in [0.15, 0.2) is 0 Å². The van der Waals surface area contributed by atoms with Gasteiger partial charge in [-0.3, -0.25) is 10.1 Å². The Morgan fingerprint density at radius 3 is 1.91 bits per heavy atom. The lowest BCUT2D eigenvalue weighted by molar-refractivity contribution is -0.116. The second-order valence-corrected chi connectivity index (χ2v) is 6.30. The summed E-state index contributed by atoms with van der Waals surface area (Å²) < 4.78 is 4.56. The van der Waals surface area contributed by atoms with E-state index in [9.17, 15) is 4.79 Å². The lowest BCUT2D eigenvalue weighted by atomic mass is 10.0. The number of carbonyl (C=O) groups is 1. The fourth-order valence-corrected chi connectivity index (χ4v) is 2.72. The third-order valence-electron chi connectivity index (χ3n) is 4.12. The number of unbranched alkanes of at least 4 members (excludes halogenated alkanes) is 12. The van der Waals surface area contributed by atoms with Gasteiger partial charge in [0.2, 0.25) is 12.3 Å². The van der Waals surface area contributed by atoms with Crippen LogP contribution in [0, 0.1) is 0 Å². The van der Waals surface area contributed by atoms with E-state index < -0.39 is 0 Å². The first-order valence-electron chi connectivity index (χ1n) is 9.39. The minimum absolute atomic E-state index is 0.0329. The third-order valence-corrected chi connectivity index (χ3v) is 4.12. The van der Waals surface area contributed by atoms with Crippen LogP contribution in [0.2, 0.25) is 0 Å². The van der Waals surface area contributed by atoms with Crippen molar-refractivity contribution in [3.05, 3.63) is 6.39 Å². The molecule has 0 saturated carbocycles. The molecule has 0 saturated heterocycles. The van der Waals surface area contributed by atoms with Gasteiger partial charge in [-0.25, -0.2) is 0 Å². The Kier molecular flexibility index (Phi) is 12.2. The Balaban J connectivity index is 1.77. The fourth-order valence-electron chi connectivity index (χ4n) is 2.72. The van der Waals surface area contributed by atoms with Crippen molar-refractivity contribution in [2.24, 2.45) is 0 Å². The van der Waals surface area contributed by atoms with E-state index in [4.69, 9.17) is 0 Å². The van der Waals surface area contributed by atoms with Crippen LogP contribution in [-0.2, 0) is 4.79 Å². The van der Waals surface area contributed by atoms with E-state index in [0.717, 1.165) is 12.8 Å². The average Bonchev–Trinajstić information content (AvgIpc) is 3.04. The van der Waals surface area contributed by atoms with E-state index in [1.54, 1.807) is 0 Å². The minimum Gasteiger partial charge on any atom is -0.341 e. The molecule has 0 unspecified atom stereocenters. The highest BCUT2D eigenvalue weighted by Gasteiger charge is 2.04. The van der Waals surface area contributed by atoms with Gasteiger partial charge in [0.1, 0.15) is 0 Å². The van der Waals surface area contributed by atoms with Crippen LogP contribution in [0.4, 0.5) is 5.95 Å². The first-order chi connectivity index (χ1) is 11.3. The predicted molar refractivity (Wildman–Crippen MR) is 93.2 cm³/mol. The number of hydrogen-bond acceptors (Lipinski definition) is 4. The molecule has 1 aromatic heterocycles. The average molecular weight is 323 g/mol. The topological polar surface area (TPSA) is 68.0 Å². The van der Waals surface area contributed by atoms with Crippen LogP contribution >= 0.6 is 0 Å². The van der Waals surface area contributed by atoms with Crippen LogP contribution in [0.5, 0.6) is 0 Å². The fraction of sp³-hybridized carbons (Fsp3) is 0.833. The number of rotatable bonds is 15. The maximum Gasteiger partial charge on any atom is 0.269 e. The van der Waals surface area contributed by atoms with Crippen LogP contribution in [-0.4, -0.2) is 16.0 Å². The van der Waals surface area contributed by atoms with Crippen molar-refractivity contribution >= 4 is 11.9 Å². The molecule has 5 nitrogen and oxygen atoms in total. The largest absolute Gasteiger partial charge is 0.341 e. The van der Waals surface area contributed by atoms with E-state index in [2.05, 4.69) is 26.9 Å². The van der Waals surface area contributed by atoms with Crippen LogP contribution in [0.3, 0.4) is 0 Å². The molecule has 1 amide bonds. The van der Waals surface area contributed by atoms with Crippen molar-refractivity contribution in [2.75, 3.05) is 5.32 Å². The van der Waals surface area contributed by atoms with Crippen molar-refractivity contribution < 1.29 is 9.32 Å². The molecule has 1 N–H and O–H groups in total. The normalized spacial score (nSPS) is 10.8. The van der Waals surface area contributed by atoms with Crippen LogP contribution in [0.15, 0.2) is 10.9 Å². The summed E-state index contributed by atoms with van der Waals surface area (Å²) in [7, 11) is 0. The minimum atomic E-state index is -0.0329. The molecule has 0 aliphatic heterocycles. The second kappa shape index (κ2) is 14.2. The number of anilines is 1. The van der Waals surface area contributed by atoms with Crippen molar-refractivity contribution in [2.45, 2.75) is 96.8 Å². The van der Waals surface area contributed by atoms with Crippen molar-refractivity contribution in [3.63, 3.8) is 0 Å². The molecule has 0 aromatic carbocycles. The molecule has 0 fully saturated rings. The van der Waals surface area contributed by atoms with Crippen LogP contribution < -0.4 is 5.32 Å². The van der Waals surface area contributed by atoms with Gasteiger partial charge in [-0.1, -0.05) is 84.0 Å². The summed E-state index contributed by atoms with van der Waals surface area (Å²) in [5, 5.41) is 6.16. The number of nitrogens with one attached hydrogen (secondary N) is 1. The number of aromatic nitrogens is 2. The summed E-state index contributed by atoms with van der Waals surface area (Å²) in [5.74, 6) is 0.221. The Morgan fingerprint density at radius 1 is 0.913 bits per heavy atom. The highest BCUT2D eigenvalue weighted by molar-refractivity contribution is 5.88. The molecular weight excluding hydrogens is 290 g/mol. The molecule has 0 aliphatic carbocycles. The molecule has 0 aliphatic rings. The first kappa shape index (κ1) is 19.7. The Hall–Kier alpha value is -1.39. The van der Waals surface area contributed by atoms with Gasteiger partial charge in [0, 0.05) is 6.42 Å². The maximum atomic E-state index is 11.6. The van der Waals surface area contributed by atoms with E-state index in [1.165, 1.54) is 77.0 Å². The molecule has 5 heteroatoms. The van der Waals surface area contributed by atoms with Gasteiger partial charge >= 0.3 is 0 Å². The van der Waals surface area contributed by atoms with Crippen molar-refractivity contribution in [1.29, 1.82) is 0 Å². The SMILES string of the molecule is CCCCCCCCCCCCCCCC(=O)Nc1ncon1. The van der Waals surface area contributed by atoms with Crippen molar-refractivity contribution in [1.82, 2.24) is 10.1 Å². The number of amides is 1. The molecule has 1 aromatic rings. The van der Waals surface area contributed by atoms with Gasteiger partial charge in [-0.2, -0.15) is 4.98 Å². The molecule has 0 bridgehead atoms. The number of hydrogen-bond donors (Lipinski definition) is 1. The quantitative estimate of drug-likeness (QED) is 0.433. The summed E-state index contributed by atoms with van der Waals surface area (Å²) in [4.78, 5) is 15.3. The van der Waals surface area contributed by atoms with Gasteiger partial charge in [-0.15, -0.1) is 0 Å². The Morgan fingerprint density at radius 2 is 1.43 bits per heavy atom. The smallest absolute Gasteiger partial charge is 0.269 e. The zero-order valence-electron chi connectivity index (χ0n) is 14.7. The molecule has 0 radical (unpaired) electrons. The maximum absolute atomic E-state index is 11.6. The lowest BCUT2D eigenvalue weighted by Gasteiger charge is -2.03. The zero-order valence-corrected chi connectivity index (χ0v) is 14.7. The van der Waals surface area contributed by atoms with Crippen molar-refractivity contribution in [3.8, 4) is 0 Å². The van der Waals surface area contributed by atoms with Crippen LogP contribution in [0.1, 0.15) is 96.8 Å². The summed E-state index contributed by atoms with van der Waals surface area (Å²) in [6.45, 7) is 2.26. The highest BCUT2D eigenvalue weighted by atomic mass is 16.5. The monoisotopic (exact) mass is 323 g/mol. The summed E-state index contributed by atoms with van der Waals surface area (Å²) in [6, 6.07) is 0. The molecule has 1 rings (SSSR count). The third kappa shape index (κ3) is 11.8. The molecule has 23 heavy (non-hydrogen) atoms. The predicted octanol–water partition coefficient (Wildman–Crippen LogP) is 5.49. The summed E-state index contributed by atoms with van der Waals surface area (Å²) in [5.41, 5.74) is 0. The molecule has 132 valence electrons. The van der Waals surface area contributed by atoms with Gasteiger partial charge in [0.05, 0.1) is 0 Å². The Labute approximate surface area is 140 Å². The van der Waals surface area contributed by atoms with Gasteiger partial charge in [0.25, 0.3) is 5.95 Å². The van der Waals surface area contributed by atoms with E-state index >= 15 is 0 Å². The van der Waals surface area contributed by atoms with E-state index in [-0.39, 0.29) is 11.9 Å². The summed E-state index contributed by atoms with van der Waals surface area (Å²) in [6.07, 6.45) is 18.8. The van der Waals surface area contributed by atoms with Gasteiger partial charge < -0.3 is 4.52 Å². The van der Waals surface area contributed by atoms with E-state index in [1.807, 2.05) is 0 Å². The van der Waals surface area contributed by atoms with Gasteiger partial charge in [-0.05, 0) is 11.6 Å². The zero-order chi connectivity index (χ0) is 16.6. The lowest BCUT2D eigenvalue weighted by Crippen LogP contribution is -2.12. The number of carbonyl (C=O) groups excluding carboxylic acids is 1.